The van der Waals surface area contributed by atoms with Crippen LogP contribution in [0.25, 0.3) is 0 Å². The number of fused-ring (bicyclic) bond motifs is 1. The Morgan fingerprint density at radius 2 is 2.03 bits per heavy atom. The quantitative estimate of drug-likeness (QED) is 0.436. The van der Waals surface area contributed by atoms with E-state index >= 15 is 0 Å². The molecule has 7 nitrogen and oxygen atoms in total. The first kappa shape index (κ1) is 20.8. The summed E-state index contributed by atoms with van der Waals surface area (Å²) in [4.78, 5) is 37.4. The number of rotatable bonds is 4. The van der Waals surface area contributed by atoms with E-state index in [2.05, 4.69) is 17.2 Å². The number of nitrogens with one attached hydrogen (secondary N) is 1. The number of hydrogen-bond acceptors (Lipinski definition) is 5. The molecule has 3 amide bonds. The minimum Gasteiger partial charge on any atom is -0.394 e. The summed E-state index contributed by atoms with van der Waals surface area (Å²) in [6.07, 6.45) is -4.53. The van der Waals surface area contributed by atoms with Gasteiger partial charge in [-0.25, -0.2) is 0 Å². The molecule has 1 aromatic rings. The summed E-state index contributed by atoms with van der Waals surface area (Å²) in [7, 11) is 0. The SMILES string of the molecule is O=C1CCC(N2Cc3c(C#CCOCCO)cc(C(F)(F)F)cc3C2=O)C(=O)N1. The predicted molar refractivity (Wildman–Crippen MR) is 92.3 cm³/mol. The van der Waals surface area contributed by atoms with E-state index in [0.29, 0.717) is 5.56 Å². The van der Waals surface area contributed by atoms with E-state index in [1.54, 1.807) is 0 Å². The van der Waals surface area contributed by atoms with Crippen LogP contribution < -0.4 is 5.32 Å². The lowest BCUT2D eigenvalue weighted by Crippen LogP contribution is -2.52. The lowest BCUT2D eigenvalue weighted by atomic mass is 9.99. The Kier molecular flexibility index (Phi) is 5.91. The van der Waals surface area contributed by atoms with Crippen molar-refractivity contribution < 1.29 is 37.4 Å². The number of nitrogens with zero attached hydrogens (tertiary/aromatic N) is 1. The molecule has 2 heterocycles. The van der Waals surface area contributed by atoms with Crippen LogP contribution in [0.5, 0.6) is 0 Å². The van der Waals surface area contributed by atoms with Crippen molar-refractivity contribution in [2.45, 2.75) is 31.6 Å². The monoisotopic (exact) mass is 410 g/mol. The first-order valence-corrected chi connectivity index (χ1v) is 8.78. The zero-order valence-electron chi connectivity index (χ0n) is 15.1. The highest BCUT2D eigenvalue weighted by Gasteiger charge is 2.41. The van der Waals surface area contributed by atoms with Gasteiger partial charge in [0, 0.05) is 24.1 Å². The molecule has 0 aliphatic carbocycles. The molecular weight excluding hydrogens is 393 g/mol. The molecule has 1 unspecified atom stereocenters. The minimum absolute atomic E-state index is 0.0190. The molecule has 0 aromatic heterocycles. The largest absolute Gasteiger partial charge is 0.416 e. The maximum absolute atomic E-state index is 13.3. The molecule has 1 saturated heterocycles. The third-order valence-electron chi connectivity index (χ3n) is 4.62. The van der Waals surface area contributed by atoms with Gasteiger partial charge in [0.1, 0.15) is 12.6 Å². The molecule has 2 N–H and O–H groups in total. The van der Waals surface area contributed by atoms with E-state index in [-0.39, 0.29) is 50.3 Å². The first-order chi connectivity index (χ1) is 13.7. The highest BCUT2D eigenvalue weighted by Crippen LogP contribution is 2.36. The van der Waals surface area contributed by atoms with Crippen LogP contribution in [-0.2, 0) is 27.0 Å². The van der Waals surface area contributed by atoms with E-state index in [1.807, 2.05) is 0 Å². The number of aliphatic hydroxyl groups is 1. The zero-order chi connectivity index (χ0) is 21.2. The number of aliphatic hydroxyl groups excluding tert-OH is 1. The molecule has 0 spiro atoms. The van der Waals surface area contributed by atoms with E-state index in [9.17, 15) is 27.6 Å². The van der Waals surface area contributed by atoms with Crippen molar-refractivity contribution in [3.8, 4) is 11.8 Å². The third kappa shape index (κ3) is 4.41. The molecule has 0 saturated carbocycles. The van der Waals surface area contributed by atoms with Crippen LogP contribution in [0.3, 0.4) is 0 Å². The standard InChI is InChI=1S/C19H17F3N2O5/c20-19(21,22)12-8-11(2-1-6-29-7-5-25)14-10-24(18(28)13(14)9-12)15-3-4-16(26)23-17(15)27/h8-9,15,25H,3-7,10H2,(H,23,26,27). The number of ether oxygens (including phenoxy) is 1. The Bertz CT molecular complexity index is 917. The number of alkyl halides is 3. The molecule has 3 rings (SSSR count). The lowest BCUT2D eigenvalue weighted by molar-refractivity contribution is -0.138. The Labute approximate surface area is 163 Å². The highest BCUT2D eigenvalue weighted by molar-refractivity contribution is 6.05. The van der Waals surface area contributed by atoms with Gasteiger partial charge in [0.2, 0.25) is 11.8 Å². The van der Waals surface area contributed by atoms with Crippen LogP contribution in [0.15, 0.2) is 12.1 Å². The van der Waals surface area contributed by atoms with Crippen LogP contribution in [-0.4, -0.2) is 53.6 Å². The normalized spacial score (nSPS) is 19.0. The smallest absolute Gasteiger partial charge is 0.394 e. The number of carbonyl (C=O) groups excluding carboxylic acids is 3. The summed E-state index contributed by atoms with van der Waals surface area (Å²) < 4.78 is 44.8. The fraction of sp³-hybridized carbons (Fsp3) is 0.421. The number of imide groups is 1. The van der Waals surface area contributed by atoms with Crippen molar-refractivity contribution >= 4 is 17.7 Å². The Morgan fingerprint density at radius 3 is 2.69 bits per heavy atom. The number of benzene rings is 1. The number of piperidine rings is 1. The molecule has 29 heavy (non-hydrogen) atoms. The summed E-state index contributed by atoms with van der Waals surface area (Å²) in [5.74, 6) is 3.34. The van der Waals surface area contributed by atoms with Gasteiger partial charge in [-0.15, -0.1) is 0 Å². The van der Waals surface area contributed by atoms with Gasteiger partial charge in [-0.2, -0.15) is 13.2 Å². The molecule has 154 valence electrons. The molecule has 0 radical (unpaired) electrons. The van der Waals surface area contributed by atoms with E-state index in [1.165, 1.54) is 4.90 Å². The first-order valence-electron chi connectivity index (χ1n) is 8.78. The van der Waals surface area contributed by atoms with Crippen LogP contribution in [0.2, 0.25) is 0 Å². The van der Waals surface area contributed by atoms with Gasteiger partial charge < -0.3 is 14.7 Å². The fourth-order valence-corrected chi connectivity index (χ4v) is 3.26. The van der Waals surface area contributed by atoms with Gasteiger partial charge >= 0.3 is 6.18 Å². The van der Waals surface area contributed by atoms with Gasteiger partial charge in [0.05, 0.1) is 18.8 Å². The van der Waals surface area contributed by atoms with E-state index in [4.69, 9.17) is 9.84 Å². The predicted octanol–water partition coefficient (Wildman–Crippen LogP) is 0.827. The van der Waals surface area contributed by atoms with Gasteiger partial charge in [-0.05, 0) is 24.1 Å². The fourth-order valence-electron chi connectivity index (χ4n) is 3.26. The van der Waals surface area contributed by atoms with Crippen LogP contribution in [0.4, 0.5) is 13.2 Å². The average Bonchev–Trinajstić information content (AvgIpc) is 2.98. The summed E-state index contributed by atoms with van der Waals surface area (Å²) in [6, 6.07) is 0.687. The van der Waals surface area contributed by atoms with E-state index in [0.717, 1.165) is 12.1 Å². The molecule has 2 aliphatic heterocycles. The second-order valence-corrected chi connectivity index (χ2v) is 6.53. The van der Waals surface area contributed by atoms with Crippen molar-refractivity contribution in [1.29, 1.82) is 0 Å². The Balaban J connectivity index is 1.94. The third-order valence-corrected chi connectivity index (χ3v) is 4.62. The van der Waals surface area contributed by atoms with Gasteiger partial charge in [-0.1, -0.05) is 11.8 Å². The maximum atomic E-state index is 13.3. The highest BCUT2D eigenvalue weighted by atomic mass is 19.4. The minimum atomic E-state index is -4.68. The maximum Gasteiger partial charge on any atom is 0.416 e. The summed E-state index contributed by atoms with van der Waals surface area (Å²) in [5.41, 5.74) is -0.867. The summed E-state index contributed by atoms with van der Waals surface area (Å²) in [6.45, 7) is -0.357. The Hall–Kier alpha value is -2.90. The van der Waals surface area contributed by atoms with Crippen molar-refractivity contribution in [2.24, 2.45) is 0 Å². The zero-order valence-corrected chi connectivity index (χ0v) is 15.1. The molecule has 1 aromatic carbocycles. The van der Waals surface area contributed by atoms with Gasteiger partial charge in [0.15, 0.2) is 0 Å². The number of hydrogen-bond donors (Lipinski definition) is 2. The summed E-state index contributed by atoms with van der Waals surface area (Å²) in [5, 5.41) is 10.8. The lowest BCUT2D eigenvalue weighted by Gasteiger charge is -2.29. The van der Waals surface area contributed by atoms with Crippen molar-refractivity contribution in [1.82, 2.24) is 10.2 Å². The molecular formula is C19H17F3N2O5. The topological polar surface area (TPSA) is 95.9 Å². The molecule has 1 atom stereocenters. The van der Waals surface area contributed by atoms with Gasteiger partial charge in [-0.3, -0.25) is 19.7 Å². The number of amides is 3. The van der Waals surface area contributed by atoms with Gasteiger partial charge in [0.25, 0.3) is 5.91 Å². The second kappa shape index (κ2) is 8.23. The number of carbonyl (C=O) groups is 3. The Morgan fingerprint density at radius 1 is 1.28 bits per heavy atom. The van der Waals surface area contributed by atoms with Crippen molar-refractivity contribution in [3.05, 3.63) is 34.4 Å². The molecule has 0 bridgehead atoms. The van der Waals surface area contributed by atoms with E-state index < -0.39 is 35.5 Å². The number of halogens is 3. The molecule has 10 heteroatoms. The molecule has 2 aliphatic rings. The van der Waals surface area contributed by atoms with Crippen molar-refractivity contribution in [3.63, 3.8) is 0 Å². The van der Waals surface area contributed by atoms with Crippen LogP contribution in [0, 0.1) is 11.8 Å². The van der Waals surface area contributed by atoms with Crippen molar-refractivity contribution in [2.75, 3.05) is 19.8 Å². The second-order valence-electron chi connectivity index (χ2n) is 6.53. The summed E-state index contributed by atoms with van der Waals surface area (Å²) >= 11 is 0. The average molecular weight is 410 g/mol. The molecule has 1 fully saturated rings. The van der Waals surface area contributed by atoms with Crippen LogP contribution >= 0.6 is 0 Å². The van der Waals surface area contributed by atoms with Crippen LogP contribution in [0.1, 0.15) is 39.9 Å².